The van der Waals surface area contributed by atoms with E-state index in [0.29, 0.717) is 5.92 Å². The average molecular weight is 187 g/mol. The van der Waals surface area contributed by atoms with Crippen LogP contribution in [0.15, 0.2) is 24.5 Å². The highest BCUT2D eigenvalue weighted by Crippen LogP contribution is 2.39. The van der Waals surface area contributed by atoms with E-state index in [1.807, 2.05) is 18.5 Å². The van der Waals surface area contributed by atoms with E-state index in [0.717, 1.165) is 11.0 Å². The average Bonchev–Trinajstić information content (AvgIpc) is 2.95. The van der Waals surface area contributed by atoms with Crippen molar-refractivity contribution >= 4 is 11.0 Å². The highest BCUT2D eigenvalue weighted by atomic mass is 14.8. The largest absolute Gasteiger partial charge is 0.346 e. The molecule has 2 aromatic rings. The van der Waals surface area contributed by atoms with E-state index in [1.54, 1.807) is 0 Å². The molecule has 1 aliphatic rings. The van der Waals surface area contributed by atoms with Crippen LogP contribution in [0, 0.1) is 5.92 Å². The number of hydrogen-bond acceptors (Lipinski definition) is 2. The van der Waals surface area contributed by atoms with E-state index in [1.165, 1.54) is 18.4 Å². The van der Waals surface area contributed by atoms with Crippen LogP contribution in [0.3, 0.4) is 0 Å². The SMILES string of the molecule is NC(c1cnc2[nH]ccc2c1)C1CC1. The van der Waals surface area contributed by atoms with Gasteiger partial charge >= 0.3 is 0 Å². The third-order valence-corrected chi connectivity index (χ3v) is 2.94. The summed E-state index contributed by atoms with van der Waals surface area (Å²) < 4.78 is 0. The Morgan fingerprint density at radius 1 is 1.50 bits per heavy atom. The van der Waals surface area contributed by atoms with Crippen molar-refractivity contribution in [3.8, 4) is 0 Å². The fraction of sp³-hybridized carbons (Fsp3) is 0.364. The molecule has 0 amide bonds. The van der Waals surface area contributed by atoms with E-state index >= 15 is 0 Å². The molecular weight excluding hydrogens is 174 g/mol. The molecule has 0 radical (unpaired) electrons. The first-order valence-corrected chi connectivity index (χ1v) is 5.03. The number of fused-ring (bicyclic) bond motifs is 1. The molecule has 0 spiro atoms. The maximum Gasteiger partial charge on any atom is 0.137 e. The molecule has 3 nitrogen and oxygen atoms in total. The van der Waals surface area contributed by atoms with E-state index in [-0.39, 0.29) is 6.04 Å². The monoisotopic (exact) mass is 187 g/mol. The Bertz CT molecular complexity index is 456. The molecular formula is C11H13N3. The minimum Gasteiger partial charge on any atom is -0.346 e. The number of aromatic amines is 1. The lowest BCUT2D eigenvalue weighted by atomic mass is 10.1. The number of hydrogen-bond donors (Lipinski definition) is 2. The van der Waals surface area contributed by atoms with Crippen LogP contribution in [0.5, 0.6) is 0 Å². The lowest BCUT2D eigenvalue weighted by molar-refractivity contribution is 0.632. The van der Waals surface area contributed by atoms with Gasteiger partial charge in [-0.25, -0.2) is 4.98 Å². The van der Waals surface area contributed by atoms with Crippen molar-refractivity contribution in [1.29, 1.82) is 0 Å². The van der Waals surface area contributed by atoms with Crippen molar-refractivity contribution in [2.45, 2.75) is 18.9 Å². The second-order valence-electron chi connectivity index (χ2n) is 4.05. The molecule has 3 rings (SSSR count). The minimum atomic E-state index is 0.182. The Kier molecular flexibility index (Phi) is 1.61. The number of nitrogens with one attached hydrogen (secondary N) is 1. The Morgan fingerprint density at radius 3 is 3.14 bits per heavy atom. The van der Waals surface area contributed by atoms with Crippen LogP contribution in [0.2, 0.25) is 0 Å². The van der Waals surface area contributed by atoms with Crippen molar-refractivity contribution in [3.05, 3.63) is 30.1 Å². The summed E-state index contributed by atoms with van der Waals surface area (Å²) in [6.07, 6.45) is 6.34. The summed E-state index contributed by atoms with van der Waals surface area (Å²) in [5.74, 6) is 0.688. The number of rotatable bonds is 2. The van der Waals surface area contributed by atoms with Crippen molar-refractivity contribution in [2.75, 3.05) is 0 Å². The van der Waals surface area contributed by atoms with Gasteiger partial charge in [0.1, 0.15) is 5.65 Å². The Hall–Kier alpha value is -1.35. The molecule has 2 aromatic heterocycles. The molecule has 72 valence electrons. The topological polar surface area (TPSA) is 54.7 Å². The lowest BCUT2D eigenvalue weighted by Crippen LogP contribution is -2.12. The van der Waals surface area contributed by atoms with Gasteiger partial charge in [-0.2, -0.15) is 0 Å². The summed E-state index contributed by atoms with van der Waals surface area (Å²) in [6.45, 7) is 0. The Balaban J connectivity index is 2.03. The molecule has 1 fully saturated rings. The predicted octanol–water partition coefficient (Wildman–Crippen LogP) is 1.97. The maximum absolute atomic E-state index is 6.11. The van der Waals surface area contributed by atoms with E-state index in [2.05, 4.69) is 16.0 Å². The number of aromatic nitrogens is 2. The molecule has 0 aliphatic heterocycles. The van der Waals surface area contributed by atoms with E-state index in [9.17, 15) is 0 Å². The van der Waals surface area contributed by atoms with Crippen LogP contribution < -0.4 is 5.73 Å². The van der Waals surface area contributed by atoms with Gasteiger partial charge in [-0.1, -0.05) is 0 Å². The highest BCUT2D eigenvalue weighted by molar-refractivity contribution is 5.75. The van der Waals surface area contributed by atoms with Gasteiger partial charge in [0, 0.05) is 23.8 Å². The van der Waals surface area contributed by atoms with Crippen LogP contribution in [0.25, 0.3) is 11.0 Å². The molecule has 1 unspecified atom stereocenters. The van der Waals surface area contributed by atoms with Crippen molar-refractivity contribution in [2.24, 2.45) is 11.7 Å². The fourth-order valence-electron chi connectivity index (χ4n) is 1.87. The minimum absolute atomic E-state index is 0.182. The summed E-state index contributed by atoms with van der Waals surface area (Å²) in [4.78, 5) is 7.42. The summed E-state index contributed by atoms with van der Waals surface area (Å²) in [5.41, 5.74) is 8.22. The third kappa shape index (κ3) is 1.21. The van der Waals surface area contributed by atoms with Gasteiger partial charge in [0.2, 0.25) is 0 Å². The first-order chi connectivity index (χ1) is 6.84. The van der Waals surface area contributed by atoms with E-state index in [4.69, 9.17) is 5.73 Å². The fourth-order valence-corrected chi connectivity index (χ4v) is 1.87. The van der Waals surface area contributed by atoms with Crippen LogP contribution in [-0.4, -0.2) is 9.97 Å². The summed E-state index contributed by atoms with van der Waals surface area (Å²) in [6, 6.07) is 4.36. The standard InChI is InChI=1S/C11H13N3/c12-10(7-1-2-7)9-5-8-3-4-13-11(8)14-6-9/h3-7,10H,1-2,12H2,(H,13,14). The van der Waals surface area contributed by atoms with Crippen LogP contribution in [0.4, 0.5) is 0 Å². The normalized spacial score (nSPS) is 18.6. The molecule has 0 saturated heterocycles. The summed E-state index contributed by atoms with van der Waals surface area (Å²) >= 11 is 0. The zero-order valence-corrected chi connectivity index (χ0v) is 7.90. The van der Waals surface area contributed by atoms with E-state index < -0.39 is 0 Å². The summed E-state index contributed by atoms with van der Waals surface area (Å²) in [5, 5.41) is 1.15. The molecule has 2 heterocycles. The Labute approximate surface area is 82.3 Å². The third-order valence-electron chi connectivity index (χ3n) is 2.94. The number of nitrogens with zero attached hydrogens (tertiary/aromatic N) is 1. The first kappa shape index (κ1) is 8.00. The molecule has 0 bridgehead atoms. The highest BCUT2D eigenvalue weighted by Gasteiger charge is 2.29. The number of nitrogens with two attached hydrogens (primary N) is 1. The van der Waals surface area contributed by atoms with Gasteiger partial charge in [0.25, 0.3) is 0 Å². The number of H-pyrrole nitrogens is 1. The molecule has 3 heteroatoms. The maximum atomic E-state index is 6.11. The van der Waals surface area contributed by atoms with Crippen molar-refractivity contribution < 1.29 is 0 Å². The lowest BCUT2D eigenvalue weighted by Gasteiger charge is -2.09. The zero-order valence-electron chi connectivity index (χ0n) is 7.90. The molecule has 1 atom stereocenters. The van der Waals surface area contributed by atoms with Crippen LogP contribution in [0.1, 0.15) is 24.4 Å². The van der Waals surface area contributed by atoms with Gasteiger partial charge in [0.05, 0.1) is 0 Å². The molecule has 1 saturated carbocycles. The predicted molar refractivity (Wildman–Crippen MR) is 55.7 cm³/mol. The van der Waals surface area contributed by atoms with Gasteiger partial charge in [-0.3, -0.25) is 0 Å². The van der Waals surface area contributed by atoms with Gasteiger partial charge in [-0.15, -0.1) is 0 Å². The van der Waals surface area contributed by atoms with Gasteiger partial charge in [-0.05, 0) is 36.5 Å². The smallest absolute Gasteiger partial charge is 0.137 e. The summed E-state index contributed by atoms with van der Waals surface area (Å²) in [7, 11) is 0. The quantitative estimate of drug-likeness (QED) is 0.755. The first-order valence-electron chi connectivity index (χ1n) is 5.03. The number of pyridine rings is 1. The Morgan fingerprint density at radius 2 is 2.36 bits per heavy atom. The van der Waals surface area contributed by atoms with Gasteiger partial charge in [0.15, 0.2) is 0 Å². The van der Waals surface area contributed by atoms with Crippen molar-refractivity contribution in [3.63, 3.8) is 0 Å². The molecule has 0 aromatic carbocycles. The molecule has 3 N–H and O–H groups in total. The van der Waals surface area contributed by atoms with Crippen LogP contribution in [-0.2, 0) is 0 Å². The van der Waals surface area contributed by atoms with Gasteiger partial charge < -0.3 is 10.7 Å². The molecule has 1 aliphatic carbocycles. The van der Waals surface area contributed by atoms with Crippen molar-refractivity contribution in [1.82, 2.24) is 9.97 Å². The second kappa shape index (κ2) is 2.82. The second-order valence-corrected chi connectivity index (χ2v) is 4.05. The molecule has 14 heavy (non-hydrogen) atoms. The van der Waals surface area contributed by atoms with Crippen LogP contribution >= 0.6 is 0 Å². The zero-order chi connectivity index (χ0) is 9.54.